The van der Waals surface area contributed by atoms with Crippen molar-refractivity contribution in [1.82, 2.24) is 5.32 Å². The fourth-order valence-corrected chi connectivity index (χ4v) is 1.18. The average Bonchev–Trinajstić information content (AvgIpc) is 2.42. The Morgan fingerprint density at radius 3 is 1.31 bits per heavy atom. The third kappa shape index (κ3) is 3.34. The molecular weight excluding hydrogens is 417 g/mol. The molecule has 154 valence electrons. The van der Waals surface area contributed by atoms with Crippen molar-refractivity contribution < 1.29 is 71.8 Å². The molecule has 4 nitrogen and oxygen atoms in total. The number of carbonyl (C=O) groups excluding carboxylic acids is 1. The summed E-state index contributed by atoms with van der Waals surface area (Å²) in [6.07, 6.45) is -7.56. The minimum atomic E-state index is -8.13. The van der Waals surface area contributed by atoms with Crippen LogP contribution < -0.4 is 5.32 Å². The van der Waals surface area contributed by atoms with Crippen molar-refractivity contribution in [1.29, 1.82) is 0 Å². The van der Waals surface area contributed by atoms with Gasteiger partial charge in [-0.05, 0) is 0 Å². The van der Waals surface area contributed by atoms with Gasteiger partial charge in [0.1, 0.15) is 6.54 Å². The van der Waals surface area contributed by atoms with E-state index in [1.807, 2.05) is 0 Å². The fourth-order valence-electron chi connectivity index (χ4n) is 1.18. The number of rotatable bonds is 7. The molecule has 0 atom stereocenters. The van der Waals surface area contributed by atoms with E-state index in [-0.39, 0.29) is 0 Å². The van der Waals surface area contributed by atoms with Gasteiger partial charge in [0.25, 0.3) is 5.91 Å². The second-order valence-corrected chi connectivity index (χ2v) is 4.45. The molecule has 0 saturated carbocycles. The molecule has 0 fully saturated rings. The van der Waals surface area contributed by atoms with Crippen LogP contribution in [0.1, 0.15) is 0 Å². The molecule has 0 spiro atoms. The van der Waals surface area contributed by atoms with Crippen molar-refractivity contribution >= 4 is 11.9 Å². The van der Waals surface area contributed by atoms with Crippen LogP contribution in [0.4, 0.5) is 57.1 Å². The van der Waals surface area contributed by atoms with Crippen LogP contribution in [0.25, 0.3) is 0 Å². The molecule has 0 heterocycles. The molecule has 17 heteroatoms. The smallest absolute Gasteiger partial charge is 0.460 e. The lowest BCUT2D eigenvalue weighted by molar-refractivity contribution is -0.436. The third-order valence-electron chi connectivity index (χ3n) is 2.62. The topological polar surface area (TPSA) is 66.4 Å². The van der Waals surface area contributed by atoms with Crippen molar-refractivity contribution in [3.05, 3.63) is 0 Å². The van der Waals surface area contributed by atoms with Gasteiger partial charge in [-0.25, -0.2) is 0 Å². The number of aliphatic carboxylic acids is 1. The highest BCUT2D eigenvalue weighted by Gasteiger charge is 2.91. The van der Waals surface area contributed by atoms with Crippen LogP contribution in [0.15, 0.2) is 0 Å². The maximum absolute atomic E-state index is 13.1. The maximum Gasteiger partial charge on any atom is 0.460 e. The Morgan fingerprint density at radius 2 is 1.00 bits per heavy atom. The van der Waals surface area contributed by atoms with E-state index in [0.717, 1.165) is 0 Å². The van der Waals surface area contributed by atoms with Gasteiger partial charge in [0, 0.05) is 0 Å². The number of halogens is 13. The summed E-state index contributed by atoms with van der Waals surface area (Å²) in [5, 5.41) is 8.34. The van der Waals surface area contributed by atoms with E-state index >= 15 is 0 Å². The van der Waals surface area contributed by atoms with Gasteiger partial charge >= 0.3 is 41.8 Å². The molecule has 26 heavy (non-hydrogen) atoms. The maximum atomic E-state index is 13.1. The number of amides is 1. The summed E-state index contributed by atoms with van der Waals surface area (Å²) >= 11 is 0. The van der Waals surface area contributed by atoms with E-state index < -0.39 is 54.2 Å². The summed E-state index contributed by atoms with van der Waals surface area (Å²) in [7, 11) is 0. The number of hydrogen-bond donors (Lipinski definition) is 2. The van der Waals surface area contributed by atoms with E-state index in [0.29, 0.717) is 5.32 Å². The summed E-state index contributed by atoms with van der Waals surface area (Å²) in [5.41, 5.74) is 0. The Kier molecular flexibility index (Phi) is 5.85. The zero-order valence-electron chi connectivity index (χ0n) is 11.4. The molecule has 0 rings (SSSR count). The first-order chi connectivity index (χ1) is 11.1. The van der Waals surface area contributed by atoms with Crippen molar-refractivity contribution in [2.45, 2.75) is 35.8 Å². The summed E-state index contributed by atoms with van der Waals surface area (Å²) < 4.78 is 164. The Hall–Kier alpha value is -1.97. The highest BCUT2D eigenvalue weighted by Crippen LogP contribution is 2.60. The van der Waals surface area contributed by atoms with E-state index in [2.05, 4.69) is 0 Å². The second kappa shape index (κ2) is 6.33. The van der Waals surface area contributed by atoms with Crippen LogP contribution in [-0.2, 0) is 9.59 Å². The number of alkyl halides is 13. The van der Waals surface area contributed by atoms with Crippen LogP contribution in [0.2, 0.25) is 0 Å². The van der Waals surface area contributed by atoms with Gasteiger partial charge in [0.05, 0.1) is 0 Å². The first kappa shape index (κ1) is 24.0. The molecule has 0 saturated heterocycles. The molecule has 0 aromatic heterocycles. The quantitative estimate of drug-likeness (QED) is 0.622. The summed E-state index contributed by atoms with van der Waals surface area (Å²) in [6, 6.07) is 0. The van der Waals surface area contributed by atoms with Crippen LogP contribution in [0, 0.1) is 0 Å². The molecule has 0 bridgehead atoms. The lowest BCUT2D eigenvalue weighted by Crippen LogP contribution is -2.72. The SMILES string of the molecule is O=C(O)CNC(=O)C(F)(F)C(F)(F)C(F)(F)C(F)(F)C(F)(F)C(F)(F)F. The number of carboxylic acids is 1. The normalized spacial score (nSPS) is 15.0. The van der Waals surface area contributed by atoms with Crippen molar-refractivity contribution in [2.24, 2.45) is 0 Å². The minimum Gasteiger partial charge on any atom is -0.480 e. The molecule has 0 radical (unpaired) electrons. The lowest BCUT2D eigenvalue weighted by Gasteiger charge is -2.39. The van der Waals surface area contributed by atoms with E-state index in [4.69, 9.17) is 5.11 Å². The molecule has 0 aliphatic rings. The predicted octanol–water partition coefficient (Wildman–Crippen LogP) is 2.93. The van der Waals surface area contributed by atoms with Gasteiger partial charge in [-0.15, -0.1) is 0 Å². The lowest BCUT2D eigenvalue weighted by atomic mass is 9.93. The molecule has 2 N–H and O–H groups in total. The largest absolute Gasteiger partial charge is 0.480 e. The molecular formula is C9H4F13NO3. The molecule has 0 aromatic rings. The Morgan fingerprint density at radius 1 is 0.654 bits per heavy atom. The highest BCUT2D eigenvalue weighted by atomic mass is 19.4. The van der Waals surface area contributed by atoms with Crippen LogP contribution >= 0.6 is 0 Å². The van der Waals surface area contributed by atoms with Crippen LogP contribution in [0.3, 0.4) is 0 Å². The first-order valence-corrected chi connectivity index (χ1v) is 5.55. The van der Waals surface area contributed by atoms with Gasteiger partial charge in [-0.2, -0.15) is 57.1 Å². The van der Waals surface area contributed by atoms with E-state index in [9.17, 15) is 66.7 Å². The number of nitrogens with one attached hydrogen (secondary N) is 1. The molecule has 0 aliphatic heterocycles. The van der Waals surface area contributed by atoms with Gasteiger partial charge in [0.2, 0.25) is 0 Å². The van der Waals surface area contributed by atoms with Crippen molar-refractivity contribution in [3.63, 3.8) is 0 Å². The molecule has 1 amide bonds. The van der Waals surface area contributed by atoms with Gasteiger partial charge in [0.15, 0.2) is 0 Å². The Labute approximate surface area is 132 Å². The summed E-state index contributed by atoms with van der Waals surface area (Å²) in [6.45, 7) is -1.93. The second-order valence-electron chi connectivity index (χ2n) is 4.45. The molecule has 0 unspecified atom stereocenters. The van der Waals surface area contributed by atoms with Crippen LogP contribution in [0.5, 0.6) is 0 Å². The average molecular weight is 421 g/mol. The predicted molar refractivity (Wildman–Crippen MR) is 51.4 cm³/mol. The standard InChI is InChI=1S/C9H4F13NO3/c10-4(11,3(26)23-1-2(24)25)5(12,13)6(14,15)7(16,17)8(18,19)9(20,21)22/h1H2,(H,23,26)(H,24,25). The zero-order chi connectivity index (χ0) is 21.6. The minimum absolute atomic E-state index is 0.365. The Bertz CT molecular complexity index is 568. The monoisotopic (exact) mass is 421 g/mol. The fraction of sp³-hybridized carbons (Fsp3) is 0.778. The van der Waals surface area contributed by atoms with Crippen molar-refractivity contribution in [3.8, 4) is 0 Å². The highest BCUT2D eigenvalue weighted by molar-refractivity contribution is 5.87. The summed E-state index contributed by atoms with van der Waals surface area (Å²) in [5.74, 6) is -44.8. The summed E-state index contributed by atoms with van der Waals surface area (Å²) in [4.78, 5) is 20.6. The number of hydrogen-bond acceptors (Lipinski definition) is 2. The Balaban J connectivity index is 6.16. The van der Waals surface area contributed by atoms with Crippen LogP contribution in [-0.4, -0.2) is 59.3 Å². The molecule has 0 aromatic carbocycles. The van der Waals surface area contributed by atoms with Gasteiger partial charge < -0.3 is 10.4 Å². The number of carbonyl (C=O) groups is 2. The van der Waals surface area contributed by atoms with E-state index in [1.165, 1.54) is 0 Å². The van der Waals surface area contributed by atoms with E-state index in [1.54, 1.807) is 0 Å². The first-order valence-electron chi connectivity index (χ1n) is 5.55. The van der Waals surface area contributed by atoms with Gasteiger partial charge in [-0.3, -0.25) is 9.59 Å². The zero-order valence-corrected chi connectivity index (χ0v) is 11.4. The third-order valence-corrected chi connectivity index (χ3v) is 2.62. The number of carboxylic acid groups (broad SMARTS) is 1. The molecule has 0 aliphatic carbocycles. The van der Waals surface area contributed by atoms with Gasteiger partial charge in [-0.1, -0.05) is 0 Å². The van der Waals surface area contributed by atoms with Crippen molar-refractivity contribution in [2.75, 3.05) is 6.54 Å².